The van der Waals surface area contributed by atoms with Crippen molar-refractivity contribution in [2.75, 3.05) is 13.2 Å². The van der Waals surface area contributed by atoms with Gasteiger partial charge >= 0.3 is 17.9 Å². The van der Waals surface area contributed by atoms with E-state index in [0.29, 0.717) is 19.3 Å². The molecule has 0 aliphatic heterocycles. The van der Waals surface area contributed by atoms with Gasteiger partial charge in [-0.2, -0.15) is 0 Å². The van der Waals surface area contributed by atoms with Crippen molar-refractivity contribution in [2.45, 2.75) is 316 Å². The van der Waals surface area contributed by atoms with E-state index in [1.54, 1.807) is 0 Å². The molecule has 6 nitrogen and oxygen atoms in total. The lowest BCUT2D eigenvalue weighted by atomic mass is 10.0. The van der Waals surface area contributed by atoms with Gasteiger partial charge in [0.05, 0.1) is 0 Å². The summed E-state index contributed by atoms with van der Waals surface area (Å²) in [4.78, 5) is 38.2. The van der Waals surface area contributed by atoms with Gasteiger partial charge in [-0.1, -0.05) is 268 Å². The summed E-state index contributed by atoms with van der Waals surface area (Å²) in [7, 11) is 0. The van der Waals surface area contributed by atoms with Gasteiger partial charge < -0.3 is 14.2 Å². The van der Waals surface area contributed by atoms with E-state index < -0.39 is 6.10 Å². The van der Waals surface area contributed by atoms with Crippen LogP contribution < -0.4 is 0 Å². The first-order valence-corrected chi connectivity index (χ1v) is 29.7. The molecule has 0 N–H and O–H groups in total. The molecule has 6 heteroatoms. The summed E-state index contributed by atoms with van der Waals surface area (Å²) in [5, 5.41) is 0. The molecule has 0 rings (SSSR count). The summed E-state index contributed by atoms with van der Waals surface area (Å²) < 4.78 is 16.8. The van der Waals surface area contributed by atoms with Crippen molar-refractivity contribution in [1.29, 1.82) is 0 Å². The van der Waals surface area contributed by atoms with Crippen LogP contribution in [0.4, 0.5) is 0 Å². The van der Waals surface area contributed by atoms with Crippen LogP contribution in [-0.2, 0) is 28.6 Å². The molecule has 0 spiro atoms. The fraction of sp³-hybridized carbons (Fsp3) is 0.823. The van der Waals surface area contributed by atoms with Crippen molar-refractivity contribution in [2.24, 2.45) is 0 Å². The maximum atomic E-state index is 12.8. The monoisotopic (exact) mass is 953 g/mol. The molecule has 396 valence electrons. The second kappa shape index (κ2) is 57.0. The molecule has 0 aromatic rings. The first kappa shape index (κ1) is 65.4. The zero-order chi connectivity index (χ0) is 49.3. The smallest absolute Gasteiger partial charge is 0.306 e. The Morgan fingerprint density at radius 2 is 0.515 bits per heavy atom. The number of rotatable bonds is 54. The molecule has 1 atom stereocenters. The lowest BCUT2D eigenvalue weighted by Crippen LogP contribution is -2.30. The average Bonchev–Trinajstić information content (AvgIpc) is 3.34. The van der Waals surface area contributed by atoms with Gasteiger partial charge in [0, 0.05) is 19.3 Å². The van der Waals surface area contributed by atoms with Gasteiger partial charge in [-0.05, 0) is 70.6 Å². The summed E-state index contributed by atoms with van der Waals surface area (Å²) in [6.07, 6.45) is 69.6. The highest BCUT2D eigenvalue weighted by Gasteiger charge is 2.19. The maximum Gasteiger partial charge on any atom is 0.306 e. The van der Waals surface area contributed by atoms with Crippen molar-refractivity contribution < 1.29 is 28.6 Å². The Hall–Kier alpha value is -2.63. The lowest BCUT2D eigenvalue weighted by molar-refractivity contribution is -0.167. The molecule has 0 saturated carbocycles. The second-order valence-electron chi connectivity index (χ2n) is 20.0. The fourth-order valence-electron chi connectivity index (χ4n) is 8.60. The summed E-state index contributed by atoms with van der Waals surface area (Å²) >= 11 is 0. The average molecular weight is 954 g/mol. The van der Waals surface area contributed by atoms with Gasteiger partial charge in [-0.15, -0.1) is 0 Å². The standard InChI is InChI=1S/C62H112O6/c1-4-7-10-13-16-19-22-25-28-31-32-35-37-40-43-46-49-52-55-61(64)67-58-59(68-62(65)56-53-50-47-44-41-38-34-30-27-24-21-18-15-12-9-6-3)57-66-60(63)54-51-48-45-42-39-36-33-29-26-23-20-17-14-11-8-5-2/h29-30,33-34,36,38-39,41,59H,4-28,31-32,35,37,40,42-58H2,1-3H3/b33-29-,34-30-,39-36-,41-38-. The Kier molecular flexibility index (Phi) is 54.8. The van der Waals surface area contributed by atoms with E-state index in [0.717, 1.165) is 83.5 Å². The number of allylic oxidation sites excluding steroid dienone is 8. The number of unbranched alkanes of at least 4 members (excludes halogenated alkanes) is 37. The maximum absolute atomic E-state index is 12.8. The minimum atomic E-state index is -0.796. The van der Waals surface area contributed by atoms with Gasteiger partial charge in [0.2, 0.25) is 0 Å². The number of carbonyl (C=O) groups excluding carboxylic acids is 3. The Balaban J connectivity index is 4.42. The van der Waals surface area contributed by atoms with Gasteiger partial charge in [0.1, 0.15) is 13.2 Å². The first-order chi connectivity index (χ1) is 33.5. The molecule has 0 saturated heterocycles. The van der Waals surface area contributed by atoms with Crippen molar-refractivity contribution in [3.63, 3.8) is 0 Å². The molecule has 0 amide bonds. The van der Waals surface area contributed by atoms with Crippen LogP contribution >= 0.6 is 0 Å². The molecule has 0 bridgehead atoms. The van der Waals surface area contributed by atoms with Crippen LogP contribution in [0.15, 0.2) is 48.6 Å². The number of hydrogen-bond acceptors (Lipinski definition) is 6. The topological polar surface area (TPSA) is 78.9 Å². The largest absolute Gasteiger partial charge is 0.462 e. The van der Waals surface area contributed by atoms with Crippen LogP contribution in [0.25, 0.3) is 0 Å². The molecule has 0 aromatic heterocycles. The highest BCUT2D eigenvalue weighted by atomic mass is 16.6. The van der Waals surface area contributed by atoms with E-state index in [1.165, 1.54) is 186 Å². The Morgan fingerprint density at radius 1 is 0.294 bits per heavy atom. The number of hydrogen-bond donors (Lipinski definition) is 0. The van der Waals surface area contributed by atoms with Gasteiger partial charge in [0.25, 0.3) is 0 Å². The molecule has 68 heavy (non-hydrogen) atoms. The summed E-state index contributed by atoms with van der Waals surface area (Å²) in [6.45, 7) is 6.62. The quantitative estimate of drug-likeness (QED) is 0.0262. The van der Waals surface area contributed by atoms with E-state index in [9.17, 15) is 14.4 Å². The molecule has 0 fully saturated rings. The lowest BCUT2D eigenvalue weighted by Gasteiger charge is -2.18. The number of ether oxygens (including phenoxy) is 3. The minimum Gasteiger partial charge on any atom is -0.462 e. The van der Waals surface area contributed by atoms with Crippen LogP contribution in [0, 0.1) is 0 Å². The molecule has 0 radical (unpaired) electrons. The van der Waals surface area contributed by atoms with Crippen molar-refractivity contribution in [3.8, 4) is 0 Å². The summed E-state index contributed by atoms with van der Waals surface area (Å²) in [5.74, 6) is -0.928. The molecule has 0 heterocycles. The van der Waals surface area contributed by atoms with Crippen LogP contribution in [0.2, 0.25) is 0 Å². The third kappa shape index (κ3) is 54.3. The van der Waals surface area contributed by atoms with E-state index in [-0.39, 0.29) is 31.1 Å². The van der Waals surface area contributed by atoms with Crippen LogP contribution in [0.3, 0.4) is 0 Å². The molecule has 0 aliphatic carbocycles. The summed E-state index contributed by atoms with van der Waals surface area (Å²) in [5.41, 5.74) is 0. The van der Waals surface area contributed by atoms with E-state index in [2.05, 4.69) is 69.4 Å². The van der Waals surface area contributed by atoms with Crippen molar-refractivity contribution in [3.05, 3.63) is 48.6 Å². The van der Waals surface area contributed by atoms with Crippen LogP contribution in [-0.4, -0.2) is 37.2 Å². The van der Waals surface area contributed by atoms with Gasteiger partial charge in [-0.25, -0.2) is 0 Å². The zero-order valence-corrected chi connectivity index (χ0v) is 45.4. The molecular formula is C62H112O6. The van der Waals surface area contributed by atoms with Crippen molar-refractivity contribution in [1.82, 2.24) is 0 Å². The van der Waals surface area contributed by atoms with Gasteiger partial charge in [0.15, 0.2) is 6.10 Å². The Bertz CT molecular complexity index is 1190. The third-order valence-electron chi connectivity index (χ3n) is 13.1. The molecular weight excluding hydrogens is 841 g/mol. The fourth-order valence-corrected chi connectivity index (χ4v) is 8.60. The number of carbonyl (C=O) groups is 3. The summed E-state index contributed by atoms with van der Waals surface area (Å²) in [6, 6.07) is 0. The normalized spacial score (nSPS) is 12.3. The Morgan fingerprint density at radius 3 is 0.794 bits per heavy atom. The SMILES string of the molecule is CCCCCCCCC/C=C\C=C/CCCCCC(=O)OCC(COC(=O)CCCCCCCCCCCCCCCCCCCC)OC(=O)CCCCC/C=C\C=C/CCCCCCCCC. The predicted octanol–water partition coefficient (Wildman–Crippen LogP) is 19.8. The molecule has 1 unspecified atom stereocenters. The van der Waals surface area contributed by atoms with E-state index in [1.807, 2.05) is 0 Å². The predicted molar refractivity (Wildman–Crippen MR) is 293 cm³/mol. The third-order valence-corrected chi connectivity index (χ3v) is 13.1. The minimum absolute atomic E-state index is 0.0893. The highest BCUT2D eigenvalue weighted by molar-refractivity contribution is 5.71. The van der Waals surface area contributed by atoms with Crippen LogP contribution in [0.1, 0.15) is 310 Å². The first-order valence-electron chi connectivity index (χ1n) is 29.7. The zero-order valence-electron chi connectivity index (χ0n) is 45.4. The Labute approximate surface area is 422 Å². The van der Waals surface area contributed by atoms with Gasteiger partial charge in [-0.3, -0.25) is 14.4 Å². The molecule has 0 aromatic carbocycles. The molecule has 0 aliphatic rings. The second-order valence-corrected chi connectivity index (χ2v) is 20.0. The number of esters is 3. The van der Waals surface area contributed by atoms with E-state index in [4.69, 9.17) is 14.2 Å². The van der Waals surface area contributed by atoms with E-state index >= 15 is 0 Å². The highest BCUT2D eigenvalue weighted by Crippen LogP contribution is 2.16. The van der Waals surface area contributed by atoms with Crippen LogP contribution in [0.5, 0.6) is 0 Å². The van der Waals surface area contributed by atoms with Crippen molar-refractivity contribution >= 4 is 17.9 Å².